The van der Waals surface area contributed by atoms with Crippen molar-refractivity contribution in [1.29, 1.82) is 0 Å². The molecule has 2 N–H and O–H groups in total. The molecule has 0 radical (unpaired) electrons. The molecule has 0 amide bonds. The van der Waals surface area contributed by atoms with Crippen LogP contribution in [0.1, 0.15) is 18.1 Å². The summed E-state index contributed by atoms with van der Waals surface area (Å²) in [5, 5.41) is 6.60. The summed E-state index contributed by atoms with van der Waals surface area (Å²) < 4.78 is 0. The summed E-state index contributed by atoms with van der Waals surface area (Å²) in [6, 6.07) is 6.47. The molecular formula is C12H20N2. The molecule has 2 heteroatoms. The van der Waals surface area contributed by atoms with Crippen LogP contribution in [0.5, 0.6) is 0 Å². The number of aryl methyl sites for hydroxylation is 2. The van der Waals surface area contributed by atoms with E-state index in [1.165, 1.54) is 16.8 Å². The standard InChI is InChI=1S/C12H20N2/c1-4-11-7-5-6-10(2)12(11)14-9-8-13-3/h5-7,13-14H,4,8-9H2,1-3H3. The van der Waals surface area contributed by atoms with Gasteiger partial charge >= 0.3 is 0 Å². The highest BCUT2D eigenvalue weighted by Crippen LogP contribution is 2.20. The molecule has 14 heavy (non-hydrogen) atoms. The first-order valence-corrected chi connectivity index (χ1v) is 5.26. The highest BCUT2D eigenvalue weighted by atomic mass is 14.9. The van der Waals surface area contributed by atoms with Crippen molar-refractivity contribution in [2.75, 3.05) is 25.5 Å². The minimum atomic E-state index is 0.981. The number of likely N-dealkylation sites (N-methyl/N-ethyl adjacent to an activating group) is 1. The summed E-state index contributed by atoms with van der Waals surface area (Å²) >= 11 is 0. The zero-order valence-corrected chi connectivity index (χ0v) is 9.35. The van der Waals surface area contributed by atoms with Gasteiger partial charge in [-0.15, -0.1) is 0 Å². The van der Waals surface area contributed by atoms with Crippen LogP contribution in [0, 0.1) is 6.92 Å². The predicted molar refractivity (Wildman–Crippen MR) is 63.0 cm³/mol. The number of benzene rings is 1. The Morgan fingerprint density at radius 3 is 2.64 bits per heavy atom. The van der Waals surface area contributed by atoms with Crippen molar-refractivity contribution >= 4 is 5.69 Å². The van der Waals surface area contributed by atoms with Crippen LogP contribution >= 0.6 is 0 Å². The van der Waals surface area contributed by atoms with Crippen LogP contribution in [0.15, 0.2) is 18.2 Å². The molecule has 78 valence electrons. The van der Waals surface area contributed by atoms with Crippen LogP contribution in [-0.2, 0) is 6.42 Å². The van der Waals surface area contributed by atoms with Gasteiger partial charge in [-0.1, -0.05) is 25.1 Å². The molecule has 1 rings (SSSR count). The molecule has 0 aliphatic carbocycles. The molecule has 1 aromatic carbocycles. The van der Waals surface area contributed by atoms with E-state index in [0.717, 1.165) is 19.5 Å². The van der Waals surface area contributed by atoms with Crippen molar-refractivity contribution in [3.8, 4) is 0 Å². The first-order chi connectivity index (χ1) is 6.79. The van der Waals surface area contributed by atoms with Gasteiger partial charge < -0.3 is 10.6 Å². The van der Waals surface area contributed by atoms with Crippen LogP contribution in [0.3, 0.4) is 0 Å². The van der Waals surface area contributed by atoms with E-state index in [2.05, 4.69) is 42.7 Å². The SMILES string of the molecule is CCc1cccc(C)c1NCCNC. The summed E-state index contributed by atoms with van der Waals surface area (Å²) in [6.45, 7) is 6.32. The van der Waals surface area contributed by atoms with Crippen molar-refractivity contribution in [2.24, 2.45) is 0 Å². The maximum atomic E-state index is 3.47. The molecule has 0 unspecified atom stereocenters. The van der Waals surface area contributed by atoms with Crippen molar-refractivity contribution in [3.05, 3.63) is 29.3 Å². The molecule has 0 bridgehead atoms. The van der Waals surface area contributed by atoms with Crippen LogP contribution in [0.4, 0.5) is 5.69 Å². The summed E-state index contributed by atoms with van der Waals surface area (Å²) in [5.74, 6) is 0. The second kappa shape index (κ2) is 5.66. The van der Waals surface area contributed by atoms with Crippen molar-refractivity contribution in [1.82, 2.24) is 5.32 Å². The Morgan fingerprint density at radius 2 is 2.00 bits per heavy atom. The van der Waals surface area contributed by atoms with Crippen LogP contribution in [0.25, 0.3) is 0 Å². The second-order valence-corrected chi connectivity index (χ2v) is 3.49. The Morgan fingerprint density at radius 1 is 1.21 bits per heavy atom. The van der Waals surface area contributed by atoms with E-state index in [-0.39, 0.29) is 0 Å². The van der Waals surface area contributed by atoms with E-state index in [1.807, 2.05) is 7.05 Å². The lowest BCUT2D eigenvalue weighted by molar-refractivity contribution is 0.822. The molecule has 0 aliphatic heterocycles. The molecule has 0 atom stereocenters. The molecular weight excluding hydrogens is 172 g/mol. The minimum absolute atomic E-state index is 0.981. The average molecular weight is 192 g/mol. The third-order valence-corrected chi connectivity index (χ3v) is 2.42. The number of anilines is 1. The zero-order chi connectivity index (χ0) is 10.4. The van der Waals surface area contributed by atoms with Gasteiger partial charge in [0.25, 0.3) is 0 Å². The highest BCUT2D eigenvalue weighted by Gasteiger charge is 2.01. The largest absolute Gasteiger partial charge is 0.383 e. The van der Waals surface area contributed by atoms with Gasteiger partial charge in [-0.05, 0) is 31.5 Å². The van der Waals surface area contributed by atoms with Crippen LogP contribution in [-0.4, -0.2) is 20.1 Å². The summed E-state index contributed by atoms with van der Waals surface area (Å²) in [5.41, 5.74) is 4.05. The third kappa shape index (κ3) is 2.74. The van der Waals surface area contributed by atoms with Gasteiger partial charge in [-0.2, -0.15) is 0 Å². The molecule has 0 aromatic heterocycles. The predicted octanol–water partition coefficient (Wildman–Crippen LogP) is 2.19. The summed E-state index contributed by atoms with van der Waals surface area (Å²) in [4.78, 5) is 0. The van der Waals surface area contributed by atoms with Gasteiger partial charge in [0.1, 0.15) is 0 Å². The first kappa shape index (κ1) is 11.1. The number of rotatable bonds is 5. The highest BCUT2D eigenvalue weighted by molar-refractivity contribution is 5.57. The van der Waals surface area contributed by atoms with E-state index in [0.29, 0.717) is 0 Å². The number of para-hydroxylation sites is 1. The maximum Gasteiger partial charge on any atom is 0.0402 e. The topological polar surface area (TPSA) is 24.1 Å². The van der Waals surface area contributed by atoms with E-state index in [9.17, 15) is 0 Å². The van der Waals surface area contributed by atoms with E-state index >= 15 is 0 Å². The Kier molecular flexibility index (Phi) is 4.47. The van der Waals surface area contributed by atoms with Gasteiger partial charge in [0, 0.05) is 18.8 Å². The summed E-state index contributed by atoms with van der Waals surface area (Å²) in [6.07, 6.45) is 1.09. The molecule has 0 aliphatic rings. The van der Waals surface area contributed by atoms with Crippen molar-refractivity contribution in [3.63, 3.8) is 0 Å². The second-order valence-electron chi connectivity index (χ2n) is 3.49. The number of hydrogen-bond acceptors (Lipinski definition) is 2. The molecule has 0 heterocycles. The van der Waals surface area contributed by atoms with Gasteiger partial charge in [-0.25, -0.2) is 0 Å². The fraction of sp³-hybridized carbons (Fsp3) is 0.500. The molecule has 0 saturated heterocycles. The molecule has 2 nitrogen and oxygen atoms in total. The first-order valence-electron chi connectivity index (χ1n) is 5.26. The van der Waals surface area contributed by atoms with Crippen LogP contribution in [0.2, 0.25) is 0 Å². The third-order valence-electron chi connectivity index (χ3n) is 2.42. The van der Waals surface area contributed by atoms with Gasteiger partial charge in [0.15, 0.2) is 0 Å². The average Bonchev–Trinajstić information content (AvgIpc) is 2.20. The molecule has 1 aromatic rings. The number of nitrogens with one attached hydrogen (secondary N) is 2. The fourth-order valence-corrected chi connectivity index (χ4v) is 1.59. The van der Waals surface area contributed by atoms with Gasteiger partial charge in [0.05, 0.1) is 0 Å². The Hall–Kier alpha value is -1.02. The molecule has 0 fully saturated rings. The lowest BCUT2D eigenvalue weighted by Crippen LogP contribution is -2.18. The quantitative estimate of drug-likeness (QED) is 0.699. The van der Waals surface area contributed by atoms with E-state index in [1.54, 1.807) is 0 Å². The van der Waals surface area contributed by atoms with Crippen molar-refractivity contribution < 1.29 is 0 Å². The lowest BCUT2D eigenvalue weighted by atomic mass is 10.1. The lowest BCUT2D eigenvalue weighted by Gasteiger charge is -2.13. The smallest absolute Gasteiger partial charge is 0.0402 e. The van der Waals surface area contributed by atoms with Gasteiger partial charge in [0.2, 0.25) is 0 Å². The van der Waals surface area contributed by atoms with Crippen LogP contribution < -0.4 is 10.6 Å². The minimum Gasteiger partial charge on any atom is -0.383 e. The Bertz CT molecular complexity index is 282. The number of hydrogen-bond donors (Lipinski definition) is 2. The Labute approximate surface area is 86.7 Å². The zero-order valence-electron chi connectivity index (χ0n) is 9.35. The van der Waals surface area contributed by atoms with Crippen molar-refractivity contribution in [2.45, 2.75) is 20.3 Å². The monoisotopic (exact) mass is 192 g/mol. The normalized spacial score (nSPS) is 10.2. The maximum absolute atomic E-state index is 3.47. The Balaban J connectivity index is 2.72. The van der Waals surface area contributed by atoms with E-state index < -0.39 is 0 Å². The fourth-order valence-electron chi connectivity index (χ4n) is 1.59. The molecule has 0 spiro atoms. The molecule has 0 saturated carbocycles. The van der Waals surface area contributed by atoms with Gasteiger partial charge in [-0.3, -0.25) is 0 Å². The summed E-state index contributed by atoms with van der Waals surface area (Å²) in [7, 11) is 1.97. The van der Waals surface area contributed by atoms with E-state index in [4.69, 9.17) is 0 Å².